The SMILES string of the molecule is CCc1nnc(/N=C/c2nc(-c3ccc([N+](=O)[O-])cc3)oc2O)s1. The Balaban J connectivity index is 1.83. The van der Waals surface area contributed by atoms with Crippen LogP contribution < -0.4 is 0 Å². The lowest BCUT2D eigenvalue weighted by molar-refractivity contribution is -0.384. The lowest BCUT2D eigenvalue weighted by Gasteiger charge is -1.94. The number of nitro benzene ring substituents is 1. The standard InChI is InChI=1S/C14H11N5O4S/c1-2-11-17-18-14(24-11)15-7-10-13(20)23-12(16-10)8-3-5-9(6-4-8)19(21)22/h3-7,20H,2H2,1H3/b15-7+. The van der Waals surface area contributed by atoms with Gasteiger partial charge in [-0.3, -0.25) is 10.1 Å². The van der Waals surface area contributed by atoms with Crippen LogP contribution in [-0.2, 0) is 6.42 Å². The summed E-state index contributed by atoms with van der Waals surface area (Å²) in [7, 11) is 0. The number of non-ortho nitro benzene ring substituents is 1. The highest BCUT2D eigenvalue weighted by atomic mass is 32.1. The minimum atomic E-state index is -0.498. The lowest BCUT2D eigenvalue weighted by atomic mass is 10.2. The van der Waals surface area contributed by atoms with Crippen molar-refractivity contribution in [3.8, 4) is 17.4 Å². The van der Waals surface area contributed by atoms with E-state index in [0.717, 1.165) is 11.4 Å². The van der Waals surface area contributed by atoms with Crippen molar-refractivity contribution >= 4 is 28.4 Å². The van der Waals surface area contributed by atoms with E-state index in [4.69, 9.17) is 4.42 Å². The highest BCUT2D eigenvalue weighted by molar-refractivity contribution is 7.14. The van der Waals surface area contributed by atoms with E-state index in [1.165, 1.54) is 41.8 Å². The Morgan fingerprint density at radius 1 is 1.38 bits per heavy atom. The summed E-state index contributed by atoms with van der Waals surface area (Å²) in [5.74, 6) is -0.261. The number of hydrogen-bond acceptors (Lipinski definition) is 9. The molecule has 0 atom stereocenters. The van der Waals surface area contributed by atoms with E-state index in [0.29, 0.717) is 10.7 Å². The molecule has 0 saturated carbocycles. The van der Waals surface area contributed by atoms with Gasteiger partial charge in [-0.1, -0.05) is 18.3 Å². The predicted molar refractivity (Wildman–Crippen MR) is 86.8 cm³/mol. The molecule has 122 valence electrons. The molecular weight excluding hydrogens is 334 g/mol. The molecule has 24 heavy (non-hydrogen) atoms. The molecule has 0 aliphatic carbocycles. The van der Waals surface area contributed by atoms with Crippen LogP contribution in [0.4, 0.5) is 10.8 Å². The maximum atomic E-state index is 10.6. The number of hydrogen-bond donors (Lipinski definition) is 1. The Bertz CT molecular complexity index is 900. The fourth-order valence-electron chi connectivity index (χ4n) is 1.81. The molecule has 0 bridgehead atoms. The fourth-order valence-corrected chi connectivity index (χ4v) is 2.44. The summed E-state index contributed by atoms with van der Waals surface area (Å²) in [6.45, 7) is 1.97. The molecule has 9 nitrogen and oxygen atoms in total. The first-order valence-corrected chi connectivity index (χ1v) is 7.69. The molecule has 2 aromatic heterocycles. The van der Waals surface area contributed by atoms with E-state index >= 15 is 0 Å². The van der Waals surface area contributed by atoms with Crippen LogP contribution >= 0.6 is 11.3 Å². The summed E-state index contributed by atoms with van der Waals surface area (Å²) in [4.78, 5) is 18.4. The summed E-state index contributed by atoms with van der Waals surface area (Å²) in [5.41, 5.74) is 0.593. The molecule has 0 amide bonds. The van der Waals surface area contributed by atoms with Gasteiger partial charge in [0, 0.05) is 17.7 Å². The topological polar surface area (TPSA) is 128 Å². The van der Waals surface area contributed by atoms with Crippen LogP contribution in [0.5, 0.6) is 5.95 Å². The Hall–Kier alpha value is -3.14. The van der Waals surface area contributed by atoms with E-state index < -0.39 is 10.9 Å². The number of nitrogens with zero attached hydrogens (tertiary/aromatic N) is 5. The summed E-state index contributed by atoms with van der Waals surface area (Å²) in [6, 6.07) is 5.64. The first-order valence-electron chi connectivity index (χ1n) is 6.88. The number of aromatic nitrogens is 3. The molecule has 3 rings (SSSR count). The minimum Gasteiger partial charge on any atom is -0.479 e. The fraction of sp³-hybridized carbons (Fsp3) is 0.143. The second kappa shape index (κ2) is 6.54. The third kappa shape index (κ3) is 3.27. The maximum Gasteiger partial charge on any atom is 0.312 e. The normalized spacial score (nSPS) is 11.2. The largest absolute Gasteiger partial charge is 0.479 e. The van der Waals surface area contributed by atoms with Crippen LogP contribution in [0.3, 0.4) is 0 Å². The molecular formula is C14H11N5O4S. The van der Waals surface area contributed by atoms with Gasteiger partial charge in [-0.25, -0.2) is 9.98 Å². The highest BCUT2D eigenvalue weighted by Gasteiger charge is 2.14. The first kappa shape index (κ1) is 15.7. The van der Waals surface area contributed by atoms with Gasteiger partial charge in [0.05, 0.1) is 11.1 Å². The summed E-state index contributed by atoms with van der Waals surface area (Å²) >= 11 is 1.34. The Morgan fingerprint density at radius 2 is 2.12 bits per heavy atom. The smallest absolute Gasteiger partial charge is 0.312 e. The highest BCUT2D eigenvalue weighted by Crippen LogP contribution is 2.27. The first-order chi connectivity index (χ1) is 11.6. The Kier molecular flexibility index (Phi) is 4.29. The number of benzene rings is 1. The van der Waals surface area contributed by atoms with Gasteiger partial charge in [0.25, 0.3) is 5.69 Å². The van der Waals surface area contributed by atoms with Gasteiger partial charge in [-0.2, -0.15) is 0 Å². The van der Waals surface area contributed by atoms with Crippen molar-refractivity contribution in [1.29, 1.82) is 0 Å². The van der Waals surface area contributed by atoms with E-state index in [1.807, 2.05) is 6.92 Å². The van der Waals surface area contributed by atoms with E-state index in [1.54, 1.807) is 0 Å². The van der Waals surface area contributed by atoms with Crippen molar-refractivity contribution in [3.05, 3.63) is 45.1 Å². The van der Waals surface area contributed by atoms with Gasteiger partial charge in [0.2, 0.25) is 11.0 Å². The third-order valence-corrected chi connectivity index (χ3v) is 3.99. The molecule has 0 aliphatic rings. The van der Waals surface area contributed by atoms with Gasteiger partial charge >= 0.3 is 5.95 Å². The average Bonchev–Trinajstić information content (AvgIpc) is 3.19. The number of rotatable bonds is 5. The van der Waals surface area contributed by atoms with Crippen LogP contribution in [-0.4, -0.2) is 31.4 Å². The third-order valence-electron chi connectivity index (χ3n) is 3.02. The molecule has 0 radical (unpaired) electrons. The predicted octanol–water partition coefficient (Wildman–Crippen LogP) is 3.12. The minimum absolute atomic E-state index is 0.0423. The van der Waals surface area contributed by atoms with Crippen molar-refractivity contribution in [1.82, 2.24) is 15.2 Å². The van der Waals surface area contributed by atoms with E-state index in [-0.39, 0.29) is 17.3 Å². The molecule has 0 aliphatic heterocycles. The van der Waals surface area contributed by atoms with E-state index in [2.05, 4.69) is 20.2 Å². The van der Waals surface area contributed by atoms with Crippen LogP contribution in [0.25, 0.3) is 11.5 Å². The maximum absolute atomic E-state index is 10.6. The second-order valence-electron chi connectivity index (χ2n) is 4.60. The molecule has 0 fully saturated rings. The zero-order valence-corrected chi connectivity index (χ0v) is 13.2. The summed E-state index contributed by atoms with van der Waals surface area (Å²) < 4.78 is 5.17. The van der Waals surface area contributed by atoms with Crippen molar-refractivity contribution < 1.29 is 14.4 Å². The average molecular weight is 345 g/mol. The molecule has 1 aromatic carbocycles. The molecule has 0 spiro atoms. The number of nitro groups is 1. The van der Waals surface area contributed by atoms with Crippen LogP contribution in [0.15, 0.2) is 33.7 Å². The van der Waals surface area contributed by atoms with Gasteiger partial charge in [0.15, 0.2) is 5.69 Å². The Labute approximate surface area is 139 Å². The lowest BCUT2D eigenvalue weighted by Crippen LogP contribution is -1.87. The quantitative estimate of drug-likeness (QED) is 0.427. The van der Waals surface area contributed by atoms with Crippen molar-refractivity contribution in [3.63, 3.8) is 0 Å². The number of aliphatic imine (C=N–C) groups is 1. The number of aryl methyl sites for hydroxylation is 1. The van der Waals surface area contributed by atoms with Crippen molar-refractivity contribution in [2.24, 2.45) is 4.99 Å². The monoisotopic (exact) mass is 345 g/mol. The molecule has 1 N–H and O–H groups in total. The van der Waals surface area contributed by atoms with Crippen LogP contribution in [0, 0.1) is 10.1 Å². The van der Waals surface area contributed by atoms with Crippen molar-refractivity contribution in [2.75, 3.05) is 0 Å². The summed E-state index contributed by atoms with van der Waals surface area (Å²) in [6.07, 6.45) is 2.10. The van der Waals surface area contributed by atoms with Crippen molar-refractivity contribution in [2.45, 2.75) is 13.3 Å². The molecule has 10 heteroatoms. The van der Waals surface area contributed by atoms with Crippen LogP contribution in [0.2, 0.25) is 0 Å². The molecule has 2 heterocycles. The summed E-state index contributed by atoms with van der Waals surface area (Å²) in [5, 5.41) is 29.6. The van der Waals surface area contributed by atoms with Crippen LogP contribution in [0.1, 0.15) is 17.6 Å². The molecule has 0 unspecified atom stereocenters. The second-order valence-corrected chi connectivity index (χ2v) is 5.64. The zero-order valence-electron chi connectivity index (χ0n) is 12.4. The number of aromatic hydroxyl groups is 1. The van der Waals surface area contributed by atoms with Gasteiger partial charge in [0.1, 0.15) is 5.01 Å². The molecule has 0 saturated heterocycles. The zero-order chi connectivity index (χ0) is 17.1. The molecule has 3 aromatic rings. The van der Waals surface area contributed by atoms with Gasteiger partial charge in [-0.05, 0) is 18.6 Å². The van der Waals surface area contributed by atoms with Gasteiger partial charge in [-0.15, -0.1) is 10.2 Å². The van der Waals surface area contributed by atoms with Gasteiger partial charge < -0.3 is 9.52 Å². The van der Waals surface area contributed by atoms with E-state index in [9.17, 15) is 15.2 Å². The Morgan fingerprint density at radius 3 is 2.75 bits per heavy atom. The number of oxazole rings is 1.